The fraction of sp³-hybridized carbons (Fsp3) is 0.737. The molecule has 1 unspecified atom stereocenters. The van der Waals surface area contributed by atoms with Crippen LogP contribution in [0.3, 0.4) is 0 Å². The van der Waals surface area contributed by atoms with Crippen molar-refractivity contribution in [3.63, 3.8) is 0 Å². The highest BCUT2D eigenvalue weighted by Crippen LogP contribution is 2.36. The van der Waals surface area contributed by atoms with E-state index in [4.69, 9.17) is 9.16 Å². The van der Waals surface area contributed by atoms with Crippen molar-refractivity contribution in [1.29, 1.82) is 0 Å². The van der Waals surface area contributed by atoms with Crippen LogP contribution in [0.5, 0.6) is 0 Å². The summed E-state index contributed by atoms with van der Waals surface area (Å²) in [6.07, 6.45) is 1.46. The first-order chi connectivity index (χ1) is 12.3. The Morgan fingerprint density at radius 1 is 1.00 bits per heavy atom. The molecule has 0 fully saturated rings. The van der Waals surface area contributed by atoms with E-state index in [0.717, 1.165) is 7.11 Å². The molecule has 0 aliphatic rings. The van der Waals surface area contributed by atoms with Crippen molar-refractivity contribution in [1.82, 2.24) is 0 Å². The quantitative estimate of drug-likeness (QED) is 0.258. The van der Waals surface area contributed by atoms with Gasteiger partial charge in [0.2, 0.25) is 0 Å². The van der Waals surface area contributed by atoms with E-state index in [0.29, 0.717) is 19.4 Å². The van der Waals surface area contributed by atoms with E-state index in [9.17, 15) is 19.5 Å². The first-order valence-corrected chi connectivity index (χ1v) is 12.0. The predicted octanol–water partition coefficient (Wildman–Crippen LogP) is 3.54. The Kier molecular flexibility index (Phi) is 9.95. The van der Waals surface area contributed by atoms with Gasteiger partial charge in [-0.1, -0.05) is 20.8 Å². The van der Waals surface area contributed by atoms with Crippen molar-refractivity contribution < 1.29 is 33.4 Å². The van der Waals surface area contributed by atoms with E-state index >= 15 is 0 Å². The van der Waals surface area contributed by atoms with Crippen LogP contribution < -0.4 is 0 Å². The number of hydrogen-bond donors (Lipinski definition) is 1. The van der Waals surface area contributed by atoms with Gasteiger partial charge in [0, 0.05) is 12.2 Å². The molecule has 0 aliphatic carbocycles. The van der Waals surface area contributed by atoms with Gasteiger partial charge in [0.15, 0.2) is 8.32 Å². The van der Waals surface area contributed by atoms with Gasteiger partial charge in [-0.25, -0.2) is 9.59 Å². The van der Waals surface area contributed by atoms with Gasteiger partial charge >= 0.3 is 17.9 Å². The summed E-state index contributed by atoms with van der Waals surface area (Å²) in [4.78, 5) is 35.6. The minimum absolute atomic E-state index is 0.0478. The number of esters is 2. The fourth-order valence-corrected chi connectivity index (χ4v) is 3.30. The van der Waals surface area contributed by atoms with Crippen LogP contribution in [0.1, 0.15) is 47.0 Å². The van der Waals surface area contributed by atoms with E-state index in [1.807, 2.05) is 0 Å². The highest BCUT2D eigenvalue weighted by Gasteiger charge is 2.37. The summed E-state index contributed by atoms with van der Waals surface area (Å²) in [5.41, 5.74) is -0.117. The first-order valence-electron chi connectivity index (χ1n) is 9.06. The van der Waals surface area contributed by atoms with Crippen molar-refractivity contribution in [2.24, 2.45) is 5.92 Å². The topological polar surface area (TPSA) is 99.1 Å². The molecule has 1 N–H and O–H groups in total. The second kappa shape index (κ2) is 10.6. The maximum absolute atomic E-state index is 12.2. The van der Waals surface area contributed by atoms with Gasteiger partial charge in [-0.15, -0.1) is 0 Å². The molecule has 0 heterocycles. The summed E-state index contributed by atoms with van der Waals surface area (Å²) < 4.78 is 15.5. The molecular weight excluding hydrogens is 368 g/mol. The van der Waals surface area contributed by atoms with Crippen LogP contribution in [0.2, 0.25) is 18.1 Å². The molecule has 0 saturated carbocycles. The third-order valence-corrected chi connectivity index (χ3v) is 9.59. The average Bonchev–Trinajstić information content (AvgIpc) is 2.57. The first kappa shape index (κ1) is 25.3. The van der Waals surface area contributed by atoms with Crippen molar-refractivity contribution in [2.45, 2.75) is 65.1 Å². The summed E-state index contributed by atoms with van der Waals surface area (Å²) in [5.74, 6) is -3.93. The van der Waals surface area contributed by atoms with Gasteiger partial charge < -0.3 is 19.0 Å². The number of carboxylic acid groups (broad SMARTS) is 1. The maximum atomic E-state index is 12.2. The van der Waals surface area contributed by atoms with Gasteiger partial charge in [0.05, 0.1) is 25.7 Å². The predicted molar refractivity (Wildman–Crippen MR) is 105 cm³/mol. The zero-order valence-corrected chi connectivity index (χ0v) is 18.8. The van der Waals surface area contributed by atoms with Crippen LogP contribution in [0.15, 0.2) is 11.1 Å². The van der Waals surface area contributed by atoms with E-state index in [1.165, 1.54) is 14.0 Å². The summed E-state index contributed by atoms with van der Waals surface area (Å²) in [7, 11) is 0.505. The number of hydrogen-bond acceptors (Lipinski definition) is 6. The molecule has 0 saturated heterocycles. The number of aliphatic carboxylic acids is 1. The summed E-state index contributed by atoms with van der Waals surface area (Å²) in [6, 6.07) is 0. The number of rotatable bonds is 10. The summed E-state index contributed by atoms with van der Waals surface area (Å²) >= 11 is 0. The highest BCUT2D eigenvalue weighted by atomic mass is 28.4. The van der Waals surface area contributed by atoms with E-state index in [1.54, 1.807) is 0 Å². The molecule has 0 aliphatic heterocycles. The van der Waals surface area contributed by atoms with E-state index in [-0.39, 0.29) is 22.6 Å². The third kappa shape index (κ3) is 7.46. The van der Waals surface area contributed by atoms with Crippen molar-refractivity contribution in [3.8, 4) is 0 Å². The fourth-order valence-electron chi connectivity index (χ4n) is 2.21. The van der Waals surface area contributed by atoms with Gasteiger partial charge in [-0.05, 0) is 44.3 Å². The van der Waals surface area contributed by atoms with Crippen LogP contribution in [0.4, 0.5) is 0 Å². The zero-order valence-electron chi connectivity index (χ0n) is 17.8. The number of unbranched alkanes of at least 4 members (excludes halogenated alkanes) is 1. The molecular formula is C19H34O7Si. The third-order valence-electron chi connectivity index (χ3n) is 5.06. The minimum Gasteiger partial charge on any atom is -0.481 e. The van der Waals surface area contributed by atoms with E-state index < -0.39 is 32.1 Å². The molecule has 27 heavy (non-hydrogen) atoms. The minimum atomic E-state index is -1.84. The lowest BCUT2D eigenvalue weighted by atomic mass is 9.92. The number of methoxy groups -OCH3 is 2. The molecule has 0 aromatic rings. The lowest BCUT2D eigenvalue weighted by molar-refractivity contribution is -0.145. The Balaban J connectivity index is 5.25. The van der Waals surface area contributed by atoms with Crippen LogP contribution in [0.25, 0.3) is 0 Å². The van der Waals surface area contributed by atoms with E-state index in [2.05, 4.69) is 38.6 Å². The molecule has 8 heteroatoms. The molecule has 156 valence electrons. The van der Waals surface area contributed by atoms with Crippen LogP contribution in [-0.2, 0) is 28.3 Å². The average molecular weight is 403 g/mol. The summed E-state index contributed by atoms with van der Waals surface area (Å²) in [6.45, 7) is 12.7. The number of ether oxygens (including phenoxy) is 2. The lowest BCUT2D eigenvalue weighted by Gasteiger charge is -2.36. The number of carbonyl (C=O) groups excluding carboxylic acids is 2. The Morgan fingerprint density at radius 3 is 1.93 bits per heavy atom. The highest BCUT2D eigenvalue weighted by molar-refractivity contribution is 6.74. The van der Waals surface area contributed by atoms with Crippen molar-refractivity contribution in [3.05, 3.63) is 11.1 Å². The SMILES string of the molecule is COC(=O)C(CCCCO[Si](C)(C)C(C)(C)C)=C(C(=O)OC)C(C)C(=O)O. The molecule has 0 aromatic carbocycles. The van der Waals surface area contributed by atoms with Gasteiger partial charge in [0.1, 0.15) is 0 Å². The van der Waals surface area contributed by atoms with Gasteiger partial charge in [-0.3, -0.25) is 4.79 Å². The zero-order chi connectivity index (χ0) is 21.4. The van der Waals surface area contributed by atoms with Gasteiger partial charge in [-0.2, -0.15) is 0 Å². The standard InChI is InChI=1S/C19H34O7Si/c1-13(16(20)21)15(18(23)25-6)14(17(22)24-5)11-9-10-12-26-27(7,8)19(2,3)4/h13H,9-12H2,1-8H3,(H,20,21). The Hall–Kier alpha value is -1.67. The summed E-state index contributed by atoms with van der Waals surface area (Å²) in [5, 5.41) is 9.38. The Bertz CT molecular complexity index is 573. The molecule has 0 radical (unpaired) electrons. The Morgan fingerprint density at radius 2 is 1.52 bits per heavy atom. The van der Waals surface area contributed by atoms with Crippen molar-refractivity contribution in [2.75, 3.05) is 20.8 Å². The van der Waals surface area contributed by atoms with Crippen LogP contribution in [-0.4, -0.2) is 52.2 Å². The molecule has 0 amide bonds. The van der Waals surface area contributed by atoms with Crippen molar-refractivity contribution >= 4 is 26.2 Å². The number of carboxylic acids is 1. The smallest absolute Gasteiger partial charge is 0.335 e. The normalized spacial score (nSPS) is 14.2. The second-order valence-electron chi connectivity index (χ2n) is 8.00. The molecule has 0 bridgehead atoms. The molecule has 7 nitrogen and oxygen atoms in total. The van der Waals surface area contributed by atoms with Gasteiger partial charge in [0.25, 0.3) is 0 Å². The van der Waals surface area contributed by atoms with Crippen LogP contribution in [0, 0.1) is 5.92 Å². The largest absolute Gasteiger partial charge is 0.481 e. The molecule has 0 spiro atoms. The van der Waals surface area contributed by atoms with Crippen LogP contribution >= 0.6 is 0 Å². The monoisotopic (exact) mass is 402 g/mol. The molecule has 1 atom stereocenters. The molecule has 0 rings (SSSR count). The lowest BCUT2D eigenvalue weighted by Crippen LogP contribution is -2.40. The maximum Gasteiger partial charge on any atom is 0.335 e. The second-order valence-corrected chi connectivity index (χ2v) is 12.8. The Labute approximate surface area is 163 Å². The number of carbonyl (C=O) groups is 3. The molecule has 0 aromatic heterocycles.